The summed E-state index contributed by atoms with van der Waals surface area (Å²) in [5.41, 5.74) is -1.05. The van der Waals surface area contributed by atoms with Crippen LogP contribution in [0, 0.1) is 0 Å². The lowest BCUT2D eigenvalue weighted by Gasteiger charge is -2.34. The Kier molecular flexibility index (Phi) is 3.11. The van der Waals surface area contributed by atoms with Crippen LogP contribution in [-0.4, -0.2) is 40.9 Å². The Bertz CT molecular complexity index is 197. The minimum Gasteiger partial charge on any atom is -0.389 e. The Morgan fingerprint density at radius 1 is 1.36 bits per heavy atom. The van der Waals surface area contributed by atoms with E-state index in [0.717, 1.165) is 6.42 Å². The molecule has 5 heteroatoms. The number of hydrogen-bond donors (Lipinski definition) is 1. The van der Waals surface area contributed by atoms with Crippen molar-refractivity contribution in [3.05, 3.63) is 0 Å². The van der Waals surface area contributed by atoms with E-state index in [-0.39, 0.29) is 6.04 Å². The Labute approximate surface area is 81.7 Å². The maximum absolute atomic E-state index is 12.1. The zero-order chi connectivity index (χ0) is 11.0. The van der Waals surface area contributed by atoms with E-state index in [9.17, 15) is 18.3 Å². The second kappa shape index (κ2) is 3.70. The zero-order valence-corrected chi connectivity index (χ0v) is 8.43. The highest BCUT2D eigenvalue weighted by Gasteiger charge is 2.41. The standard InChI is InChI=1S/C9H16F3NO/c1-8(2,14)7-4-3-5-13(7)6-9(10,11)12/h7,14H,3-6H2,1-2H3. The summed E-state index contributed by atoms with van der Waals surface area (Å²) in [6.45, 7) is 2.63. The molecule has 14 heavy (non-hydrogen) atoms. The molecule has 1 saturated heterocycles. The largest absolute Gasteiger partial charge is 0.401 e. The molecular weight excluding hydrogens is 195 g/mol. The molecule has 0 amide bonds. The number of rotatable bonds is 2. The fourth-order valence-electron chi connectivity index (χ4n) is 2.05. The molecule has 1 N–H and O–H groups in total. The van der Waals surface area contributed by atoms with Gasteiger partial charge in [-0.2, -0.15) is 13.2 Å². The van der Waals surface area contributed by atoms with Gasteiger partial charge in [0.05, 0.1) is 12.1 Å². The average Bonchev–Trinajstić information content (AvgIpc) is 2.29. The van der Waals surface area contributed by atoms with Gasteiger partial charge >= 0.3 is 6.18 Å². The van der Waals surface area contributed by atoms with Crippen LogP contribution in [0.4, 0.5) is 13.2 Å². The van der Waals surface area contributed by atoms with Crippen LogP contribution in [0.5, 0.6) is 0 Å². The number of aliphatic hydroxyl groups is 1. The SMILES string of the molecule is CC(C)(O)C1CCCN1CC(F)(F)F. The maximum atomic E-state index is 12.1. The molecule has 1 atom stereocenters. The number of alkyl halides is 3. The van der Waals surface area contributed by atoms with Crippen LogP contribution in [0.25, 0.3) is 0 Å². The lowest BCUT2D eigenvalue weighted by Crippen LogP contribution is -2.48. The third-order valence-electron chi connectivity index (χ3n) is 2.56. The van der Waals surface area contributed by atoms with Crippen molar-refractivity contribution in [3.8, 4) is 0 Å². The van der Waals surface area contributed by atoms with Crippen molar-refractivity contribution in [2.24, 2.45) is 0 Å². The van der Waals surface area contributed by atoms with Crippen molar-refractivity contribution in [1.82, 2.24) is 4.90 Å². The fourth-order valence-corrected chi connectivity index (χ4v) is 2.05. The van der Waals surface area contributed by atoms with E-state index in [1.165, 1.54) is 4.90 Å². The topological polar surface area (TPSA) is 23.5 Å². The molecule has 0 spiro atoms. The van der Waals surface area contributed by atoms with E-state index in [2.05, 4.69) is 0 Å². The lowest BCUT2D eigenvalue weighted by atomic mass is 9.97. The molecule has 0 aliphatic carbocycles. The molecule has 1 unspecified atom stereocenters. The quantitative estimate of drug-likeness (QED) is 0.752. The predicted molar refractivity (Wildman–Crippen MR) is 46.9 cm³/mol. The normalized spacial score (nSPS) is 25.7. The van der Waals surface area contributed by atoms with Crippen LogP contribution in [0.1, 0.15) is 26.7 Å². The summed E-state index contributed by atoms with van der Waals surface area (Å²) in [6.07, 6.45) is -2.81. The highest BCUT2D eigenvalue weighted by molar-refractivity contribution is 4.91. The van der Waals surface area contributed by atoms with E-state index in [1.807, 2.05) is 0 Å². The first-order valence-corrected chi connectivity index (χ1v) is 4.73. The van der Waals surface area contributed by atoms with Crippen LogP contribution >= 0.6 is 0 Å². The smallest absolute Gasteiger partial charge is 0.389 e. The summed E-state index contributed by atoms with van der Waals surface area (Å²) >= 11 is 0. The highest BCUT2D eigenvalue weighted by Crippen LogP contribution is 2.29. The van der Waals surface area contributed by atoms with E-state index in [0.29, 0.717) is 13.0 Å². The predicted octanol–water partition coefficient (Wildman–Crippen LogP) is 1.78. The monoisotopic (exact) mass is 211 g/mol. The third kappa shape index (κ3) is 3.13. The van der Waals surface area contributed by atoms with Crippen LogP contribution in [0.2, 0.25) is 0 Å². The zero-order valence-electron chi connectivity index (χ0n) is 8.43. The third-order valence-corrected chi connectivity index (χ3v) is 2.56. The molecule has 0 aromatic rings. The first-order chi connectivity index (χ1) is 6.20. The number of hydrogen-bond acceptors (Lipinski definition) is 2. The van der Waals surface area contributed by atoms with Gasteiger partial charge in [-0.3, -0.25) is 4.90 Å². The molecule has 0 aromatic carbocycles. The van der Waals surface area contributed by atoms with Gasteiger partial charge in [-0.15, -0.1) is 0 Å². The number of halogens is 3. The van der Waals surface area contributed by atoms with E-state index in [4.69, 9.17) is 0 Å². The van der Waals surface area contributed by atoms with Crippen molar-refractivity contribution < 1.29 is 18.3 Å². The summed E-state index contributed by atoms with van der Waals surface area (Å²) in [6, 6.07) is -0.371. The van der Waals surface area contributed by atoms with Crippen molar-refractivity contribution in [3.63, 3.8) is 0 Å². The van der Waals surface area contributed by atoms with Crippen LogP contribution in [0.15, 0.2) is 0 Å². The van der Waals surface area contributed by atoms with E-state index >= 15 is 0 Å². The molecule has 1 heterocycles. The van der Waals surface area contributed by atoms with Crippen molar-refractivity contribution in [2.75, 3.05) is 13.1 Å². The van der Waals surface area contributed by atoms with Gasteiger partial charge in [-0.05, 0) is 33.2 Å². The number of nitrogens with zero attached hydrogens (tertiary/aromatic N) is 1. The highest BCUT2D eigenvalue weighted by atomic mass is 19.4. The van der Waals surface area contributed by atoms with Gasteiger partial charge in [0.15, 0.2) is 0 Å². The average molecular weight is 211 g/mol. The van der Waals surface area contributed by atoms with E-state index in [1.54, 1.807) is 13.8 Å². The van der Waals surface area contributed by atoms with Gasteiger partial charge in [0.2, 0.25) is 0 Å². The van der Waals surface area contributed by atoms with Crippen molar-refractivity contribution in [2.45, 2.75) is 44.5 Å². The van der Waals surface area contributed by atoms with Crippen LogP contribution in [-0.2, 0) is 0 Å². The number of likely N-dealkylation sites (tertiary alicyclic amines) is 1. The fraction of sp³-hybridized carbons (Fsp3) is 1.00. The van der Waals surface area contributed by atoms with Gasteiger partial charge < -0.3 is 5.11 Å². The van der Waals surface area contributed by atoms with E-state index < -0.39 is 18.3 Å². The second-order valence-corrected chi connectivity index (χ2v) is 4.40. The Morgan fingerprint density at radius 3 is 2.36 bits per heavy atom. The van der Waals surface area contributed by atoms with Gasteiger partial charge in [-0.25, -0.2) is 0 Å². The minimum atomic E-state index is -4.17. The van der Waals surface area contributed by atoms with Gasteiger partial charge in [-0.1, -0.05) is 0 Å². The van der Waals surface area contributed by atoms with Gasteiger partial charge in [0, 0.05) is 6.04 Å². The molecule has 1 fully saturated rings. The molecule has 0 aromatic heterocycles. The molecular formula is C9H16F3NO. The maximum Gasteiger partial charge on any atom is 0.401 e. The summed E-state index contributed by atoms with van der Waals surface area (Å²) in [5.74, 6) is 0. The molecule has 2 nitrogen and oxygen atoms in total. The van der Waals surface area contributed by atoms with Crippen molar-refractivity contribution >= 4 is 0 Å². The van der Waals surface area contributed by atoms with Gasteiger partial charge in [0.25, 0.3) is 0 Å². The molecule has 84 valence electrons. The van der Waals surface area contributed by atoms with Crippen molar-refractivity contribution in [1.29, 1.82) is 0 Å². The second-order valence-electron chi connectivity index (χ2n) is 4.40. The molecule has 1 aliphatic rings. The summed E-state index contributed by atoms with van der Waals surface area (Å²) in [7, 11) is 0. The molecule has 1 aliphatic heterocycles. The molecule has 0 bridgehead atoms. The molecule has 0 saturated carbocycles. The Balaban J connectivity index is 2.61. The summed E-state index contributed by atoms with van der Waals surface area (Å²) < 4.78 is 36.4. The Morgan fingerprint density at radius 2 is 1.93 bits per heavy atom. The lowest BCUT2D eigenvalue weighted by molar-refractivity contribution is -0.155. The minimum absolute atomic E-state index is 0.371. The molecule has 0 radical (unpaired) electrons. The Hall–Kier alpha value is -0.290. The van der Waals surface area contributed by atoms with Crippen LogP contribution in [0.3, 0.4) is 0 Å². The molecule has 1 rings (SSSR count). The first-order valence-electron chi connectivity index (χ1n) is 4.73. The summed E-state index contributed by atoms with van der Waals surface area (Å²) in [4.78, 5) is 1.32. The summed E-state index contributed by atoms with van der Waals surface area (Å²) in [5, 5.41) is 9.68. The van der Waals surface area contributed by atoms with Gasteiger partial charge in [0.1, 0.15) is 0 Å². The van der Waals surface area contributed by atoms with Crippen LogP contribution < -0.4 is 0 Å². The first kappa shape index (κ1) is 11.8.